The molecule has 0 saturated carbocycles. The predicted molar refractivity (Wildman–Crippen MR) is 104 cm³/mol. The highest BCUT2D eigenvalue weighted by Gasteiger charge is 2.13. The van der Waals surface area contributed by atoms with Crippen LogP contribution in [0.2, 0.25) is 0 Å². The maximum Gasteiger partial charge on any atom is 0.224 e. The van der Waals surface area contributed by atoms with E-state index in [1.807, 2.05) is 64.1 Å². The summed E-state index contributed by atoms with van der Waals surface area (Å²) in [5.74, 6) is 0. The number of anilines is 2. The molecule has 0 aliphatic heterocycles. The lowest BCUT2D eigenvalue weighted by atomic mass is 10.1. The fraction of sp³-hybridized carbons (Fsp3) is 0.222. The second kappa shape index (κ2) is 8.26. The zero-order chi connectivity index (χ0) is 17.7. The molecule has 4 nitrogen and oxygen atoms in total. The Balaban J connectivity index is 2.12. The predicted octanol–water partition coefficient (Wildman–Crippen LogP) is 4.76. The first-order valence-electron chi connectivity index (χ1n) is 7.44. The molecule has 0 N–H and O–H groups in total. The first-order valence-corrected chi connectivity index (χ1v) is 9.51. The first kappa shape index (κ1) is 18.4. The molecule has 0 aromatic heterocycles. The van der Waals surface area contributed by atoms with Crippen molar-refractivity contribution < 1.29 is 9.59 Å². The van der Waals surface area contributed by atoms with Gasteiger partial charge in [0.15, 0.2) is 0 Å². The van der Waals surface area contributed by atoms with Crippen molar-refractivity contribution in [1.82, 2.24) is 0 Å². The Morgan fingerprint density at radius 2 is 1.04 bits per heavy atom. The Hall–Kier alpha value is -1.92. The van der Waals surface area contributed by atoms with E-state index in [4.69, 9.17) is 0 Å². The highest BCUT2D eigenvalue weighted by molar-refractivity contribution is 8.78. The van der Waals surface area contributed by atoms with Gasteiger partial charge in [-0.3, -0.25) is 9.59 Å². The summed E-state index contributed by atoms with van der Waals surface area (Å²) < 4.78 is 3.02. The number of carbonyl (C=O) groups is 2. The summed E-state index contributed by atoms with van der Waals surface area (Å²) in [7, 11) is 2.41. The molecule has 0 saturated heterocycles. The molecule has 0 heterocycles. The van der Waals surface area contributed by atoms with E-state index < -0.39 is 0 Å². The number of hydrogen-bond donors (Lipinski definition) is 0. The normalized spacial score (nSPS) is 10.3. The summed E-state index contributed by atoms with van der Waals surface area (Å²) in [5.41, 5.74) is 6.16. The zero-order valence-corrected chi connectivity index (χ0v) is 15.8. The summed E-state index contributed by atoms with van der Waals surface area (Å²) >= 11 is 0. The Morgan fingerprint density at radius 1 is 0.667 bits per heavy atom. The van der Waals surface area contributed by atoms with E-state index in [-0.39, 0.29) is 0 Å². The van der Waals surface area contributed by atoms with E-state index >= 15 is 0 Å². The minimum absolute atomic E-state index is 0.755. The molecule has 0 bridgehead atoms. The van der Waals surface area contributed by atoms with E-state index in [2.05, 4.69) is 0 Å². The van der Waals surface area contributed by atoms with E-state index in [1.165, 1.54) is 41.7 Å². The van der Waals surface area contributed by atoms with Crippen molar-refractivity contribution >= 4 is 46.2 Å². The molecule has 0 fully saturated rings. The van der Waals surface area contributed by atoms with Crippen molar-refractivity contribution in [2.45, 2.75) is 27.7 Å². The van der Waals surface area contributed by atoms with Crippen molar-refractivity contribution in [1.29, 1.82) is 0 Å². The van der Waals surface area contributed by atoms with Gasteiger partial charge in [0.1, 0.15) is 0 Å². The van der Waals surface area contributed by atoms with Crippen LogP contribution in [0, 0.1) is 27.7 Å². The maximum absolute atomic E-state index is 11.4. The van der Waals surface area contributed by atoms with Crippen molar-refractivity contribution in [3.05, 3.63) is 58.7 Å². The lowest BCUT2D eigenvalue weighted by molar-refractivity contribution is -0.107. The van der Waals surface area contributed by atoms with E-state index in [1.54, 1.807) is 0 Å². The summed E-state index contributed by atoms with van der Waals surface area (Å²) in [5, 5.41) is 0. The van der Waals surface area contributed by atoms with Crippen LogP contribution in [0.25, 0.3) is 0 Å². The molecule has 24 heavy (non-hydrogen) atoms. The molecule has 2 aromatic rings. The monoisotopic (exact) mass is 360 g/mol. The molecule has 0 unspecified atom stereocenters. The summed E-state index contributed by atoms with van der Waals surface area (Å²) in [6.45, 7) is 8.07. The van der Waals surface area contributed by atoms with E-state index in [0.29, 0.717) is 0 Å². The largest absolute Gasteiger partial charge is 0.277 e. The molecular weight excluding hydrogens is 340 g/mol. The van der Waals surface area contributed by atoms with Crippen molar-refractivity contribution in [3.63, 3.8) is 0 Å². The Morgan fingerprint density at radius 3 is 1.33 bits per heavy atom. The van der Waals surface area contributed by atoms with Gasteiger partial charge in [0.2, 0.25) is 12.8 Å². The zero-order valence-electron chi connectivity index (χ0n) is 14.1. The molecule has 0 radical (unpaired) electrons. The van der Waals surface area contributed by atoms with Gasteiger partial charge in [-0.25, -0.2) is 8.61 Å². The number of hydrogen-bond acceptors (Lipinski definition) is 4. The highest BCUT2D eigenvalue weighted by Crippen LogP contribution is 2.36. The van der Waals surface area contributed by atoms with Crippen molar-refractivity contribution in [2.24, 2.45) is 0 Å². The van der Waals surface area contributed by atoms with Gasteiger partial charge in [0.05, 0.1) is 33.3 Å². The number of aryl methyl sites for hydroxylation is 4. The quantitative estimate of drug-likeness (QED) is 0.406. The molecule has 0 aliphatic carbocycles. The van der Waals surface area contributed by atoms with Crippen LogP contribution in [0.1, 0.15) is 22.3 Å². The van der Waals surface area contributed by atoms with Gasteiger partial charge in [-0.2, -0.15) is 0 Å². The van der Waals surface area contributed by atoms with Crippen LogP contribution >= 0.6 is 22.0 Å². The fourth-order valence-corrected chi connectivity index (χ4v) is 3.81. The van der Waals surface area contributed by atoms with E-state index in [9.17, 15) is 9.59 Å². The van der Waals surface area contributed by atoms with E-state index in [0.717, 1.165) is 35.3 Å². The second-order valence-corrected chi connectivity index (χ2v) is 7.53. The Labute approximate surface area is 150 Å². The highest BCUT2D eigenvalue weighted by atomic mass is 33.1. The summed E-state index contributed by atoms with van der Waals surface area (Å²) in [6.07, 6.45) is 1.51. The van der Waals surface area contributed by atoms with Crippen LogP contribution in [0.4, 0.5) is 11.4 Å². The fourth-order valence-electron chi connectivity index (χ4n) is 2.04. The van der Waals surface area contributed by atoms with Crippen LogP contribution in [-0.4, -0.2) is 12.8 Å². The van der Waals surface area contributed by atoms with Crippen LogP contribution in [0.3, 0.4) is 0 Å². The molecule has 0 spiro atoms. The number of carbonyl (C=O) groups excluding carboxylic acids is 2. The van der Waals surface area contributed by atoms with Gasteiger partial charge in [-0.15, -0.1) is 0 Å². The van der Waals surface area contributed by atoms with Crippen molar-refractivity contribution in [2.75, 3.05) is 8.61 Å². The van der Waals surface area contributed by atoms with Gasteiger partial charge < -0.3 is 0 Å². The Bertz CT molecular complexity index is 686. The first-order chi connectivity index (χ1) is 11.5. The smallest absolute Gasteiger partial charge is 0.224 e. The third kappa shape index (κ3) is 4.33. The molecule has 6 heteroatoms. The summed E-state index contributed by atoms with van der Waals surface area (Å²) in [6, 6.07) is 11.7. The SMILES string of the molecule is Cc1ccc(N(C=O)SSN(C=O)c2ccc(C)c(C)c2)cc1C. The summed E-state index contributed by atoms with van der Waals surface area (Å²) in [4.78, 5) is 22.8. The molecule has 0 aliphatic rings. The maximum atomic E-state index is 11.4. The van der Waals surface area contributed by atoms with Gasteiger partial charge in [0.25, 0.3) is 0 Å². The van der Waals surface area contributed by atoms with Gasteiger partial charge >= 0.3 is 0 Å². The topological polar surface area (TPSA) is 40.6 Å². The lowest BCUT2D eigenvalue weighted by Gasteiger charge is -2.21. The molecule has 2 rings (SSSR count). The van der Waals surface area contributed by atoms with Crippen LogP contribution < -0.4 is 8.61 Å². The third-order valence-electron chi connectivity index (χ3n) is 3.88. The van der Waals surface area contributed by atoms with Gasteiger partial charge in [-0.05, 0) is 74.2 Å². The molecular formula is C18H20N2O2S2. The Kier molecular flexibility index (Phi) is 6.34. The minimum Gasteiger partial charge on any atom is -0.277 e. The average molecular weight is 361 g/mol. The number of nitrogens with zero attached hydrogens (tertiary/aromatic N) is 2. The van der Waals surface area contributed by atoms with Crippen LogP contribution in [0.15, 0.2) is 36.4 Å². The second-order valence-electron chi connectivity index (χ2n) is 5.55. The van der Waals surface area contributed by atoms with Gasteiger partial charge in [-0.1, -0.05) is 12.1 Å². The number of rotatable bonds is 7. The van der Waals surface area contributed by atoms with Crippen LogP contribution in [0.5, 0.6) is 0 Å². The van der Waals surface area contributed by atoms with Crippen LogP contribution in [-0.2, 0) is 9.59 Å². The molecule has 126 valence electrons. The number of benzene rings is 2. The minimum atomic E-state index is 0.755. The molecule has 2 aromatic carbocycles. The number of amides is 2. The van der Waals surface area contributed by atoms with Gasteiger partial charge in [0, 0.05) is 0 Å². The van der Waals surface area contributed by atoms with Crippen molar-refractivity contribution in [3.8, 4) is 0 Å². The standard InChI is InChI=1S/C18H20N2O2S2/c1-13-5-7-17(9-15(13)3)19(11-21)23-24-20(12-22)18-8-6-14(2)16(4)10-18/h5-12H,1-4H3. The average Bonchev–Trinajstić information content (AvgIpc) is 2.57. The lowest BCUT2D eigenvalue weighted by Crippen LogP contribution is -2.15. The third-order valence-corrected chi connectivity index (χ3v) is 6.02. The molecule has 2 amide bonds. The molecule has 0 atom stereocenters.